The lowest BCUT2D eigenvalue weighted by molar-refractivity contribution is 0.0154. The van der Waals surface area contributed by atoms with E-state index in [1.165, 1.54) is 6.07 Å². The van der Waals surface area contributed by atoms with Gasteiger partial charge in [-0.2, -0.15) is 0 Å². The van der Waals surface area contributed by atoms with E-state index in [2.05, 4.69) is 19.2 Å². The first-order chi connectivity index (χ1) is 7.94. The highest BCUT2D eigenvalue weighted by atomic mass is 19.1. The van der Waals surface area contributed by atoms with Gasteiger partial charge in [0.2, 0.25) is 0 Å². The minimum Gasteiger partial charge on any atom is -0.379 e. The van der Waals surface area contributed by atoms with E-state index in [0.29, 0.717) is 0 Å². The molecular weight excluding hydrogens is 217 g/mol. The quantitative estimate of drug-likeness (QED) is 0.822. The smallest absolute Gasteiger partial charge is 0.123 e. The lowest BCUT2D eigenvalue weighted by Crippen LogP contribution is -2.30. The van der Waals surface area contributed by atoms with Gasteiger partial charge in [-0.25, -0.2) is 4.39 Å². The third kappa shape index (κ3) is 4.84. The van der Waals surface area contributed by atoms with Crippen molar-refractivity contribution in [3.63, 3.8) is 0 Å². The number of methoxy groups -OCH3 is 1. The fraction of sp³-hybridized carbons (Fsp3) is 0.571. The molecule has 1 N–H and O–H groups in total. The first kappa shape index (κ1) is 14.1. The van der Waals surface area contributed by atoms with Gasteiger partial charge in [0.25, 0.3) is 0 Å². The maximum Gasteiger partial charge on any atom is 0.123 e. The normalized spacial score (nSPS) is 13.7. The number of rotatable bonds is 6. The Morgan fingerprint density at radius 2 is 2.12 bits per heavy atom. The fourth-order valence-electron chi connectivity index (χ4n) is 1.59. The molecule has 0 aliphatic heterocycles. The zero-order valence-corrected chi connectivity index (χ0v) is 11.1. The second kappa shape index (κ2) is 6.12. The van der Waals surface area contributed by atoms with E-state index >= 15 is 0 Å². The predicted octanol–water partition coefficient (Wildman–Crippen LogP) is 3.29. The van der Waals surface area contributed by atoms with Crippen LogP contribution in [0.1, 0.15) is 38.8 Å². The summed E-state index contributed by atoms with van der Waals surface area (Å²) in [4.78, 5) is 0. The van der Waals surface area contributed by atoms with E-state index in [-0.39, 0.29) is 17.5 Å². The first-order valence-electron chi connectivity index (χ1n) is 5.98. The molecular formula is C14H22FNO. The van der Waals surface area contributed by atoms with E-state index in [1.807, 2.05) is 13.0 Å². The van der Waals surface area contributed by atoms with Crippen LogP contribution in [0.4, 0.5) is 4.39 Å². The molecule has 1 aromatic carbocycles. The molecule has 0 aromatic heterocycles. The third-order valence-electron chi connectivity index (χ3n) is 3.08. The van der Waals surface area contributed by atoms with Gasteiger partial charge in [-0.3, -0.25) is 0 Å². The van der Waals surface area contributed by atoms with Gasteiger partial charge in [-0.15, -0.1) is 0 Å². The number of benzene rings is 1. The molecule has 3 heteroatoms. The van der Waals surface area contributed by atoms with Crippen molar-refractivity contribution >= 4 is 0 Å². The summed E-state index contributed by atoms with van der Waals surface area (Å²) in [6.07, 6.45) is 0.920. The van der Waals surface area contributed by atoms with Crippen LogP contribution in [-0.2, 0) is 4.74 Å². The van der Waals surface area contributed by atoms with Crippen LogP contribution in [0, 0.1) is 5.82 Å². The number of ether oxygens (including phenoxy) is 1. The van der Waals surface area contributed by atoms with E-state index in [0.717, 1.165) is 18.5 Å². The zero-order valence-electron chi connectivity index (χ0n) is 11.1. The summed E-state index contributed by atoms with van der Waals surface area (Å²) < 4.78 is 18.4. The molecule has 1 atom stereocenters. The van der Waals surface area contributed by atoms with Crippen LogP contribution < -0.4 is 5.32 Å². The summed E-state index contributed by atoms with van der Waals surface area (Å²) in [7, 11) is 1.72. The van der Waals surface area contributed by atoms with Crippen LogP contribution in [0.3, 0.4) is 0 Å². The van der Waals surface area contributed by atoms with Crippen LogP contribution in [0.15, 0.2) is 24.3 Å². The average molecular weight is 239 g/mol. The van der Waals surface area contributed by atoms with E-state index in [1.54, 1.807) is 19.2 Å². The number of hydrogen-bond acceptors (Lipinski definition) is 2. The molecule has 0 fully saturated rings. The number of halogens is 1. The van der Waals surface area contributed by atoms with Crippen LogP contribution in [0.5, 0.6) is 0 Å². The molecule has 0 heterocycles. The molecule has 0 spiro atoms. The molecule has 0 aliphatic carbocycles. The van der Waals surface area contributed by atoms with Crippen molar-refractivity contribution in [3.05, 3.63) is 35.6 Å². The second-order valence-corrected chi connectivity index (χ2v) is 4.94. The Balaban J connectivity index is 2.42. The topological polar surface area (TPSA) is 21.3 Å². The molecule has 0 radical (unpaired) electrons. The van der Waals surface area contributed by atoms with Gasteiger partial charge in [0.1, 0.15) is 5.82 Å². The Hall–Kier alpha value is -0.930. The molecule has 0 aliphatic rings. The number of hydrogen-bond donors (Lipinski definition) is 1. The molecule has 1 rings (SSSR count). The summed E-state index contributed by atoms with van der Waals surface area (Å²) in [5.74, 6) is -0.187. The summed E-state index contributed by atoms with van der Waals surface area (Å²) in [5, 5.41) is 3.37. The SMILES string of the molecule is COC(C)(C)CCN[C@H](C)c1cccc(F)c1. The van der Waals surface area contributed by atoms with Crippen molar-refractivity contribution in [2.75, 3.05) is 13.7 Å². The van der Waals surface area contributed by atoms with E-state index in [4.69, 9.17) is 4.74 Å². The minimum absolute atomic E-state index is 0.116. The maximum atomic E-state index is 13.0. The molecule has 0 amide bonds. The summed E-state index contributed by atoms with van der Waals surface area (Å²) in [6, 6.07) is 6.85. The van der Waals surface area contributed by atoms with Crippen molar-refractivity contribution in [3.8, 4) is 0 Å². The predicted molar refractivity (Wildman–Crippen MR) is 68.5 cm³/mol. The first-order valence-corrected chi connectivity index (χ1v) is 5.98. The van der Waals surface area contributed by atoms with E-state index in [9.17, 15) is 4.39 Å². The lowest BCUT2D eigenvalue weighted by Gasteiger charge is -2.24. The molecule has 0 bridgehead atoms. The van der Waals surface area contributed by atoms with Crippen molar-refractivity contribution in [1.29, 1.82) is 0 Å². The van der Waals surface area contributed by atoms with Crippen LogP contribution in [-0.4, -0.2) is 19.3 Å². The monoisotopic (exact) mass is 239 g/mol. The van der Waals surface area contributed by atoms with Crippen LogP contribution in [0.25, 0.3) is 0 Å². The van der Waals surface area contributed by atoms with E-state index < -0.39 is 0 Å². The Bertz CT molecular complexity index is 352. The van der Waals surface area contributed by atoms with Crippen molar-refractivity contribution in [2.24, 2.45) is 0 Å². The van der Waals surface area contributed by atoms with Crippen LogP contribution in [0.2, 0.25) is 0 Å². The Morgan fingerprint density at radius 1 is 1.41 bits per heavy atom. The molecule has 2 nitrogen and oxygen atoms in total. The fourth-order valence-corrected chi connectivity index (χ4v) is 1.59. The van der Waals surface area contributed by atoms with Gasteiger partial charge in [-0.1, -0.05) is 12.1 Å². The lowest BCUT2D eigenvalue weighted by atomic mass is 10.0. The molecule has 1 aromatic rings. The van der Waals surface area contributed by atoms with Crippen molar-refractivity contribution < 1.29 is 9.13 Å². The highest BCUT2D eigenvalue weighted by Crippen LogP contribution is 2.15. The molecule has 96 valence electrons. The average Bonchev–Trinajstić information content (AvgIpc) is 2.28. The summed E-state index contributed by atoms with van der Waals surface area (Å²) >= 11 is 0. The summed E-state index contributed by atoms with van der Waals surface area (Å²) in [6.45, 7) is 7.00. The molecule has 0 unspecified atom stereocenters. The van der Waals surface area contributed by atoms with Gasteiger partial charge in [0.05, 0.1) is 5.60 Å². The van der Waals surface area contributed by atoms with Gasteiger partial charge in [-0.05, 0) is 51.4 Å². The standard InChI is InChI=1S/C14H22FNO/c1-11(12-6-5-7-13(15)10-12)16-9-8-14(2,3)17-4/h5-7,10-11,16H,8-9H2,1-4H3/t11-/m1/s1. The highest BCUT2D eigenvalue weighted by molar-refractivity contribution is 5.19. The molecule has 0 saturated heterocycles. The highest BCUT2D eigenvalue weighted by Gasteiger charge is 2.16. The molecule has 17 heavy (non-hydrogen) atoms. The second-order valence-electron chi connectivity index (χ2n) is 4.94. The Labute approximate surface area is 103 Å². The van der Waals surface area contributed by atoms with Gasteiger partial charge in [0, 0.05) is 13.2 Å². The number of nitrogens with one attached hydrogen (secondary N) is 1. The van der Waals surface area contributed by atoms with Crippen molar-refractivity contribution in [2.45, 2.75) is 38.8 Å². The van der Waals surface area contributed by atoms with Gasteiger partial charge in [0.15, 0.2) is 0 Å². The van der Waals surface area contributed by atoms with Crippen LogP contribution >= 0.6 is 0 Å². The maximum absolute atomic E-state index is 13.0. The largest absolute Gasteiger partial charge is 0.379 e. The zero-order chi connectivity index (χ0) is 12.9. The minimum atomic E-state index is -0.187. The Morgan fingerprint density at radius 3 is 2.71 bits per heavy atom. The van der Waals surface area contributed by atoms with Gasteiger partial charge < -0.3 is 10.1 Å². The van der Waals surface area contributed by atoms with Gasteiger partial charge >= 0.3 is 0 Å². The third-order valence-corrected chi connectivity index (χ3v) is 3.08. The molecule has 0 saturated carbocycles. The Kier molecular flexibility index (Phi) is 5.09. The summed E-state index contributed by atoms with van der Waals surface area (Å²) in [5.41, 5.74) is 0.856. The van der Waals surface area contributed by atoms with Crippen molar-refractivity contribution in [1.82, 2.24) is 5.32 Å².